The number of ether oxygens (including phenoxy) is 1. The molecule has 1 aromatic carbocycles. The van der Waals surface area contributed by atoms with Gasteiger partial charge in [0, 0.05) is 19.0 Å². The van der Waals surface area contributed by atoms with Gasteiger partial charge in [0.2, 0.25) is 0 Å². The molecule has 0 fully saturated rings. The average Bonchev–Trinajstić information content (AvgIpc) is 2.91. The van der Waals surface area contributed by atoms with E-state index in [1.165, 1.54) is 31.6 Å². The van der Waals surface area contributed by atoms with Crippen LogP contribution in [0.5, 0.6) is 5.75 Å². The maximum atomic E-state index is 13.6. The van der Waals surface area contributed by atoms with Gasteiger partial charge in [0.1, 0.15) is 23.7 Å². The van der Waals surface area contributed by atoms with E-state index in [4.69, 9.17) is 4.74 Å². The summed E-state index contributed by atoms with van der Waals surface area (Å²) in [5.41, 5.74) is -0.0154. The van der Waals surface area contributed by atoms with Gasteiger partial charge in [-0.05, 0) is 12.1 Å². The zero-order chi connectivity index (χ0) is 13.7. The monoisotopic (exact) mass is 264 g/mol. The molecule has 19 heavy (non-hydrogen) atoms. The van der Waals surface area contributed by atoms with Crippen molar-refractivity contribution < 1.29 is 13.9 Å². The molecule has 1 amide bonds. The topological polar surface area (TPSA) is 79.9 Å². The van der Waals surface area contributed by atoms with Gasteiger partial charge < -0.3 is 10.1 Å². The van der Waals surface area contributed by atoms with E-state index in [9.17, 15) is 9.18 Å². The lowest BCUT2D eigenvalue weighted by atomic mass is 10.2. The van der Waals surface area contributed by atoms with Crippen molar-refractivity contribution in [1.82, 2.24) is 20.5 Å². The summed E-state index contributed by atoms with van der Waals surface area (Å²) in [7, 11) is 1.44. The highest BCUT2D eigenvalue weighted by molar-refractivity contribution is 5.94. The third-order valence-electron chi connectivity index (χ3n) is 2.53. The molecule has 0 unspecified atom stereocenters. The molecule has 2 N–H and O–H groups in total. The van der Waals surface area contributed by atoms with Gasteiger partial charge >= 0.3 is 0 Å². The van der Waals surface area contributed by atoms with Gasteiger partial charge in [-0.2, -0.15) is 5.10 Å². The number of halogens is 1. The Morgan fingerprint density at radius 3 is 3.00 bits per heavy atom. The number of aromatic nitrogens is 3. The van der Waals surface area contributed by atoms with Gasteiger partial charge in [0.25, 0.3) is 5.91 Å². The van der Waals surface area contributed by atoms with Gasteiger partial charge in [0.05, 0.1) is 12.7 Å². The van der Waals surface area contributed by atoms with Crippen molar-refractivity contribution in [3.05, 3.63) is 41.7 Å². The summed E-state index contributed by atoms with van der Waals surface area (Å²) in [4.78, 5) is 15.7. The molecule has 0 bridgehead atoms. The number of methoxy groups -OCH3 is 1. The molecule has 7 heteroatoms. The van der Waals surface area contributed by atoms with E-state index < -0.39 is 11.7 Å². The maximum Gasteiger partial charge on any atom is 0.254 e. The summed E-state index contributed by atoms with van der Waals surface area (Å²) in [6.07, 6.45) is 1.89. The van der Waals surface area contributed by atoms with Crippen LogP contribution in [0, 0.1) is 5.82 Å². The Morgan fingerprint density at radius 1 is 1.53 bits per heavy atom. The highest BCUT2D eigenvalue weighted by atomic mass is 19.1. The van der Waals surface area contributed by atoms with Crippen molar-refractivity contribution in [2.24, 2.45) is 0 Å². The van der Waals surface area contributed by atoms with Crippen LogP contribution in [0.4, 0.5) is 4.39 Å². The third-order valence-corrected chi connectivity index (χ3v) is 2.53. The van der Waals surface area contributed by atoms with Crippen LogP contribution in [-0.2, 0) is 6.42 Å². The van der Waals surface area contributed by atoms with E-state index in [0.717, 1.165) is 0 Å². The Balaban J connectivity index is 1.92. The number of nitrogens with zero attached hydrogens (tertiary/aromatic N) is 2. The van der Waals surface area contributed by atoms with Crippen LogP contribution < -0.4 is 10.1 Å². The van der Waals surface area contributed by atoms with Crippen molar-refractivity contribution in [2.75, 3.05) is 13.7 Å². The first kappa shape index (κ1) is 13.0. The number of carbonyl (C=O) groups is 1. The summed E-state index contributed by atoms with van der Waals surface area (Å²) >= 11 is 0. The van der Waals surface area contributed by atoms with Crippen molar-refractivity contribution in [3.63, 3.8) is 0 Å². The van der Waals surface area contributed by atoms with E-state index >= 15 is 0 Å². The standard InChI is InChI=1S/C12H13FN4O2/c1-19-8-2-3-9(10(13)6-8)12(18)14-5-4-11-15-7-16-17-11/h2-3,6-7H,4-5H2,1H3,(H,14,18)(H,15,16,17). The fraction of sp³-hybridized carbons (Fsp3) is 0.250. The van der Waals surface area contributed by atoms with Crippen LogP contribution in [0.15, 0.2) is 24.5 Å². The zero-order valence-corrected chi connectivity index (χ0v) is 10.3. The van der Waals surface area contributed by atoms with Crippen LogP contribution >= 0.6 is 0 Å². The van der Waals surface area contributed by atoms with E-state index in [1.807, 2.05) is 0 Å². The summed E-state index contributed by atoms with van der Waals surface area (Å²) in [5, 5.41) is 8.97. The van der Waals surface area contributed by atoms with Gasteiger partial charge in [0.15, 0.2) is 0 Å². The lowest BCUT2D eigenvalue weighted by molar-refractivity contribution is 0.0950. The zero-order valence-electron chi connectivity index (χ0n) is 10.3. The SMILES string of the molecule is COc1ccc(C(=O)NCCc2ncn[nH]2)c(F)c1. The molecule has 1 heterocycles. The number of nitrogens with one attached hydrogen (secondary N) is 2. The number of benzene rings is 1. The molecule has 2 aromatic rings. The molecule has 0 atom stereocenters. The molecule has 0 radical (unpaired) electrons. The normalized spacial score (nSPS) is 10.2. The number of amides is 1. The smallest absolute Gasteiger partial charge is 0.254 e. The second-order valence-corrected chi connectivity index (χ2v) is 3.78. The minimum absolute atomic E-state index is 0.0154. The Labute approximate surface area is 109 Å². The molecule has 0 saturated carbocycles. The number of aromatic amines is 1. The van der Waals surface area contributed by atoms with Gasteiger partial charge in [-0.3, -0.25) is 9.89 Å². The van der Waals surface area contributed by atoms with Gasteiger partial charge in [-0.25, -0.2) is 9.37 Å². The number of rotatable bonds is 5. The lowest BCUT2D eigenvalue weighted by Gasteiger charge is -2.06. The quantitative estimate of drug-likeness (QED) is 0.841. The first-order valence-electron chi connectivity index (χ1n) is 5.66. The highest BCUT2D eigenvalue weighted by Crippen LogP contribution is 2.15. The highest BCUT2D eigenvalue weighted by Gasteiger charge is 2.12. The van der Waals surface area contributed by atoms with Crippen LogP contribution in [0.2, 0.25) is 0 Å². The van der Waals surface area contributed by atoms with Gasteiger partial charge in [-0.1, -0.05) is 0 Å². The van der Waals surface area contributed by atoms with E-state index in [0.29, 0.717) is 24.5 Å². The summed E-state index contributed by atoms with van der Waals surface area (Å²) in [5.74, 6) is -0.0533. The summed E-state index contributed by atoms with van der Waals surface area (Å²) in [6, 6.07) is 4.09. The molecule has 0 spiro atoms. The fourth-order valence-corrected chi connectivity index (χ4v) is 1.55. The number of carbonyl (C=O) groups excluding carboxylic acids is 1. The van der Waals surface area contributed by atoms with Crippen LogP contribution in [0.3, 0.4) is 0 Å². The summed E-state index contributed by atoms with van der Waals surface area (Å²) in [6.45, 7) is 0.347. The minimum atomic E-state index is -0.614. The molecule has 0 aliphatic rings. The molecule has 0 saturated heterocycles. The van der Waals surface area contributed by atoms with Crippen molar-refractivity contribution in [2.45, 2.75) is 6.42 Å². The Kier molecular flexibility index (Phi) is 4.07. The molecule has 0 aliphatic carbocycles. The van der Waals surface area contributed by atoms with E-state index in [-0.39, 0.29) is 5.56 Å². The molecule has 6 nitrogen and oxygen atoms in total. The van der Waals surface area contributed by atoms with Crippen molar-refractivity contribution >= 4 is 5.91 Å². The van der Waals surface area contributed by atoms with E-state index in [2.05, 4.69) is 20.5 Å². The predicted octanol–water partition coefficient (Wildman–Crippen LogP) is 0.925. The largest absolute Gasteiger partial charge is 0.497 e. The predicted molar refractivity (Wildman–Crippen MR) is 65.4 cm³/mol. The van der Waals surface area contributed by atoms with Crippen LogP contribution in [0.25, 0.3) is 0 Å². The molecule has 100 valence electrons. The second-order valence-electron chi connectivity index (χ2n) is 3.78. The second kappa shape index (κ2) is 5.94. The van der Waals surface area contributed by atoms with Gasteiger partial charge in [-0.15, -0.1) is 0 Å². The third kappa shape index (κ3) is 3.27. The molecule has 1 aromatic heterocycles. The van der Waals surface area contributed by atoms with E-state index in [1.54, 1.807) is 0 Å². The first-order valence-corrected chi connectivity index (χ1v) is 5.66. The average molecular weight is 264 g/mol. The maximum absolute atomic E-state index is 13.6. The first-order chi connectivity index (χ1) is 9.20. The molecule has 2 rings (SSSR count). The van der Waals surface area contributed by atoms with Crippen molar-refractivity contribution in [3.8, 4) is 5.75 Å². The fourth-order valence-electron chi connectivity index (χ4n) is 1.55. The van der Waals surface area contributed by atoms with Crippen molar-refractivity contribution in [1.29, 1.82) is 0 Å². The number of hydrogen-bond donors (Lipinski definition) is 2. The Bertz CT molecular complexity index is 557. The molecule has 0 aliphatic heterocycles. The summed E-state index contributed by atoms with van der Waals surface area (Å²) < 4.78 is 18.5. The number of H-pyrrole nitrogens is 1. The molecular formula is C12H13FN4O2. The Hall–Kier alpha value is -2.44. The Morgan fingerprint density at radius 2 is 2.37 bits per heavy atom. The number of hydrogen-bond acceptors (Lipinski definition) is 4. The van der Waals surface area contributed by atoms with Crippen LogP contribution in [0.1, 0.15) is 16.2 Å². The van der Waals surface area contributed by atoms with Crippen LogP contribution in [-0.4, -0.2) is 34.7 Å². The molecular weight excluding hydrogens is 251 g/mol. The minimum Gasteiger partial charge on any atom is -0.497 e. The lowest BCUT2D eigenvalue weighted by Crippen LogP contribution is -2.26.